The van der Waals surface area contributed by atoms with Gasteiger partial charge in [0.25, 0.3) is 0 Å². The number of aromatic nitrogens is 2. The maximum atomic E-state index is 14.3. The van der Waals surface area contributed by atoms with Crippen LogP contribution in [0.15, 0.2) is 12.1 Å². The van der Waals surface area contributed by atoms with E-state index in [1.54, 1.807) is 16.2 Å². The van der Waals surface area contributed by atoms with E-state index in [1.807, 2.05) is 0 Å². The zero-order chi connectivity index (χ0) is 21.4. The average Bonchev–Trinajstić information content (AvgIpc) is 3.25. The van der Waals surface area contributed by atoms with E-state index in [9.17, 15) is 18.0 Å². The highest BCUT2D eigenvalue weighted by atomic mass is 32.1. The maximum absolute atomic E-state index is 14.3. The number of rotatable bonds is 5. The number of carbonyl (C=O) groups excluding carboxylic acids is 1. The molecular weight excluding hydrogens is 415 g/mol. The van der Waals surface area contributed by atoms with Gasteiger partial charge in [0.2, 0.25) is 5.91 Å². The number of halogens is 3. The van der Waals surface area contributed by atoms with E-state index < -0.39 is 23.4 Å². The van der Waals surface area contributed by atoms with E-state index in [-0.39, 0.29) is 24.4 Å². The minimum atomic E-state index is -1.16. The molecule has 1 saturated heterocycles. The third-order valence-corrected chi connectivity index (χ3v) is 6.66. The second kappa shape index (κ2) is 8.55. The van der Waals surface area contributed by atoms with Crippen molar-refractivity contribution in [1.82, 2.24) is 14.5 Å². The molecule has 1 N–H and O–H groups in total. The molecular formula is C21H24F3N3O2S. The molecule has 9 heteroatoms. The Bertz CT molecular complexity index is 1030. The molecule has 3 heterocycles. The number of hydrogen-bond donors (Lipinski definition) is 1. The average molecular weight is 440 g/mol. The lowest BCUT2D eigenvalue weighted by molar-refractivity contribution is -0.120. The summed E-state index contributed by atoms with van der Waals surface area (Å²) in [5.74, 6) is -3.27. The van der Waals surface area contributed by atoms with E-state index in [2.05, 4.69) is 5.32 Å². The van der Waals surface area contributed by atoms with Crippen LogP contribution in [0.3, 0.4) is 0 Å². The number of carbonyl (C=O) groups is 1. The Morgan fingerprint density at radius 1 is 1.23 bits per heavy atom. The van der Waals surface area contributed by atoms with Crippen LogP contribution < -0.4 is 5.32 Å². The molecule has 0 saturated carbocycles. The van der Waals surface area contributed by atoms with E-state index in [4.69, 9.17) is 17.0 Å². The molecule has 0 aliphatic carbocycles. The normalized spacial score (nSPS) is 19.1. The van der Waals surface area contributed by atoms with Crippen molar-refractivity contribution in [1.29, 1.82) is 0 Å². The molecule has 1 amide bonds. The number of nitrogens with zero attached hydrogens (tertiary/aromatic N) is 2. The molecule has 1 aromatic heterocycles. The maximum Gasteiger partial charge on any atom is 0.226 e. The molecule has 2 aliphatic heterocycles. The van der Waals surface area contributed by atoms with Crippen LogP contribution in [0.25, 0.3) is 0 Å². The van der Waals surface area contributed by atoms with Gasteiger partial charge in [-0.25, -0.2) is 13.2 Å². The first kappa shape index (κ1) is 21.1. The third-order valence-electron chi connectivity index (χ3n) is 6.17. The van der Waals surface area contributed by atoms with Crippen molar-refractivity contribution >= 4 is 18.1 Å². The first-order chi connectivity index (χ1) is 14.4. The molecule has 1 aromatic carbocycles. The van der Waals surface area contributed by atoms with Gasteiger partial charge in [-0.3, -0.25) is 4.79 Å². The molecule has 1 unspecified atom stereocenters. The van der Waals surface area contributed by atoms with Gasteiger partial charge in [-0.2, -0.15) is 0 Å². The molecule has 30 heavy (non-hydrogen) atoms. The van der Waals surface area contributed by atoms with Crippen molar-refractivity contribution in [3.05, 3.63) is 51.3 Å². The summed E-state index contributed by atoms with van der Waals surface area (Å²) in [5, 5.41) is 2.98. The topological polar surface area (TPSA) is 48.2 Å². The van der Waals surface area contributed by atoms with Crippen molar-refractivity contribution < 1.29 is 22.7 Å². The van der Waals surface area contributed by atoms with Crippen LogP contribution in [-0.4, -0.2) is 34.8 Å². The Balaban J connectivity index is 1.51. The fourth-order valence-electron chi connectivity index (χ4n) is 4.45. The molecule has 0 bridgehead atoms. The summed E-state index contributed by atoms with van der Waals surface area (Å²) in [6.45, 7) is 2.29. The zero-order valence-corrected chi connectivity index (χ0v) is 17.5. The summed E-state index contributed by atoms with van der Waals surface area (Å²) in [4.78, 5) is 12.6. The summed E-state index contributed by atoms with van der Waals surface area (Å²) in [6, 6.07) is 1.73. The predicted octanol–water partition coefficient (Wildman–Crippen LogP) is 3.40. The largest absolute Gasteiger partial charge is 0.381 e. The first-order valence-corrected chi connectivity index (χ1v) is 10.5. The molecule has 2 aliphatic rings. The van der Waals surface area contributed by atoms with Crippen molar-refractivity contribution in [2.45, 2.75) is 38.1 Å². The van der Waals surface area contributed by atoms with Gasteiger partial charge in [-0.05, 0) is 49.5 Å². The Kier molecular flexibility index (Phi) is 6.02. The summed E-state index contributed by atoms with van der Waals surface area (Å²) >= 11 is 5.47. The van der Waals surface area contributed by atoms with Crippen LogP contribution in [0.1, 0.15) is 35.7 Å². The predicted molar refractivity (Wildman–Crippen MR) is 107 cm³/mol. The lowest BCUT2D eigenvalue weighted by atomic mass is 9.95. The number of fused-ring (bicyclic) bond motifs is 1. The number of benzene rings is 1. The minimum absolute atomic E-state index is 0.118. The molecule has 162 valence electrons. The molecule has 1 fully saturated rings. The third kappa shape index (κ3) is 3.92. The monoisotopic (exact) mass is 439 g/mol. The highest BCUT2D eigenvalue weighted by Gasteiger charge is 2.33. The van der Waals surface area contributed by atoms with Gasteiger partial charge >= 0.3 is 0 Å². The Morgan fingerprint density at radius 3 is 2.67 bits per heavy atom. The molecule has 4 rings (SSSR count). The van der Waals surface area contributed by atoms with Crippen LogP contribution in [-0.2, 0) is 36.0 Å². The van der Waals surface area contributed by atoms with Gasteiger partial charge in [0.15, 0.2) is 16.4 Å². The number of amides is 1. The van der Waals surface area contributed by atoms with Crippen molar-refractivity contribution in [2.24, 2.45) is 13.0 Å². The number of imidazole rings is 1. The summed E-state index contributed by atoms with van der Waals surface area (Å²) < 4.78 is 51.6. The van der Waals surface area contributed by atoms with Crippen molar-refractivity contribution in [3.63, 3.8) is 0 Å². The second-order valence-electron chi connectivity index (χ2n) is 8.04. The van der Waals surface area contributed by atoms with Crippen LogP contribution in [0, 0.1) is 28.1 Å². The molecule has 0 spiro atoms. The summed E-state index contributed by atoms with van der Waals surface area (Å²) in [5.41, 5.74) is 1.24. The van der Waals surface area contributed by atoms with Gasteiger partial charge in [-0.15, -0.1) is 0 Å². The van der Waals surface area contributed by atoms with Crippen LogP contribution in [0.4, 0.5) is 13.2 Å². The van der Waals surface area contributed by atoms with E-state index >= 15 is 0 Å². The Hall–Kier alpha value is -2.13. The first-order valence-electron chi connectivity index (χ1n) is 10.1. The number of ether oxygens (including phenoxy) is 1. The van der Waals surface area contributed by atoms with Crippen LogP contribution >= 0.6 is 12.2 Å². The standard InChI is InChI=1S/C21H24F3N3O2S/c1-26-16(9-18(28)25-10-12-4-6-29-7-5-12)17-8-13(11-27(17)21(26)30)19-14(22)2-3-15(23)20(19)24/h2-3,12-13H,4-11H2,1H3,(H,25,28). The molecule has 0 radical (unpaired) electrons. The van der Waals surface area contributed by atoms with E-state index in [1.165, 1.54) is 0 Å². The molecule has 2 aromatic rings. The van der Waals surface area contributed by atoms with E-state index in [0.717, 1.165) is 49.6 Å². The van der Waals surface area contributed by atoms with Gasteiger partial charge in [0.05, 0.1) is 6.42 Å². The lowest BCUT2D eigenvalue weighted by Crippen LogP contribution is -2.33. The van der Waals surface area contributed by atoms with E-state index in [0.29, 0.717) is 23.7 Å². The van der Waals surface area contributed by atoms with Gasteiger partial charge < -0.3 is 19.2 Å². The SMILES string of the molecule is Cn1c(CC(=O)NCC2CCOCC2)c2n(c1=S)CC(c1c(F)ccc(F)c1F)C2. The summed E-state index contributed by atoms with van der Waals surface area (Å²) in [7, 11) is 1.78. The minimum Gasteiger partial charge on any atom is -0.381 e. The van der Waals surface area contributed by atoms with Crippen LogP contribution in [0.2, 0.25) is 0 Å². The van der Waals surface area contributed by atoms with Crippen molar-refractivity contribution in [2.75, 3.05) is 19.8 Å². The van der Waals surface area contributed by atoms with Gasteiger partial charge in [0.1, 0.15) is 5.82 Å². The number of nitrogens with one attached hydrogen (secondary N) is 1. The van der Waals surface area contributed by atoms with Gasteiger partial charge in [0, 0.05) is 56.2 Å². The lowest BCUT2D eigenvalue weighted by Gasteiger charge is -2.22. The Labute approximate surface area is 177 Å². The van der Waals surface area contributed by atoms with Crippen molar-refractivity contribution in [3.8, 4) is 0 Å². The Morgan fingerprint density at radius 2 is 1.93 bits per heavy atom. The fourth-order valence-corrected chi connectivity index (χ4v) is 4.75. The smallest absolute Gasteiger partial charge is 0.226 e. The number of hydrogen-bond acceptors (Lipinski definition) is 3. The quantitative estimate of drug-likeness (QED) is 0.574. The second-order valence-corrected chi connectivity index (χ2v) is 8.41. The molecule has 1 atom stereocenters. The van der Waals surface area contributed by atoms with Gasteiger partial charge in [-0.1, -0.05) is 0 Å². The molecule has 5 nitrogen and oxygen atoms in total. The zero-order valence-electron chi connectivity index (χ0n) is 16.7. The fraction of sp³-hybridized carbons (Fsp3) is 0.524. The summed E-state index contributed by atoms with van der Waals surface area (Å²) in [6.07, 6.45) is 2.29. The highest BCUT2D eigenvalue weighted by molar-refractivity contribution is 7.71. The van der Waals surface area contributed by atoms with Crippen LogP contribution in [0.5, 0.6) is 0 Å². The highest BCUT2D eigenvalue weighted by Crippen LogP contribution is 2.36.